The van der Waals surface area contributed by atoms with Crippen molar-refractivity contribution in [3.63, 3.8) is 0 Å². The molecule has 0 unspecified atom stereocenters. The number of phenolic OH excluding ortho intramolecular Hbond substituents is 2. The summed E-state index contributed by atoms with van der Waals surface area (Å²) in [5, 5.41) is 79.4. The van der Waals surface area contributed by atoms with E-state index in [0.29, 0.717) is 16.8 Å². The molecule has 0 saturated heterocycles. The second-order valence-electron chi connectivity index (χ2n) is 26.6. The number of nitrogens with one attached hydrogen (secondary N) is 16. The number of hydrogen-bond donors (Lipinski definition) is 24. The molecular weight excluding hydrogens is 1370 g/mol. The van der Waals surface area contributed by atoms with Crippen molar-refractivity contribution in [1.29, 1.82) is 10.8 Å². The number of benzene rings is 2. The van der Waals surface area contributed by atoms with Gasteiger partial charge in [-0.1, -0.05) is 65.8 Å². The number of guanidine groups is 2. The zero-order valence-electron chi connectivity index (χ0n) is 60.3. The first kappa shape index (κ1) is 88.0. The Kier molecular flexibility index (Phi) is 37.2. The van der Waals surface area contributed by atoms with Gasteiger partial charge in [-0.15, -0.1) is 0 Å². The zero-order valence-corrected chi connectivity index (χ0v) is 60.3. The fraction of sp³-hybridized carbons (Fsp3) is 0.552. The summed E-state index contributed by atoms with van der Waals surface area (Å²) in [6.45, 7) is 11.1. The van der Waals surface area contributed by atoms with E-state index in [1.165, 1.54) is 62.8 Å². The zero-order chi connectivity index (χ0) is 78.8. The number of rotatable bonds is 47. The molecular formula is C67H106N22O16. The molecule has 3 rings (SSSR count). The number of hydrogen-bond acceptors (Lipinski definition) is 20. The maximum atomic E-state index is 14.5. The predicted molar refractivity (Wildman–Crippen MR) is 383 cm³/mol. The van der Waals surface area contributed by atoms with Gasteiger partial charge in [-0.25, -0.2) is 4.98 Å². The summed E-state index contributed by atoms with van der Waals surface area (Å²) in [7, 11) is 1.55. The number of primary amides is 3. The van der Waals surface area contributed by atoms with Crippen molar-refractivity contribution in [2.24, 2.45) is 46.4 Å². The number of carbonyl (C=O) groups excluding carboxylic acids is 13. The van der Waals surface area contributed by atoms with Gasteiger partial charge < -0.3 is 118 Å². The number of aromatic hydroxyl groups is 2. The summed E-state index contributed by atoms with van der Waals surface area (Å²) in [5.41, 5.74) is 29.3. The van der Waals surface area contributed by atoms with Gasteiger partial charge in [-0.05, 0) is 112 Å². The van der Waals surface area contributed by atoms with Gasteiger partial charge in [0.2, 0.25) is 76.8 Å². The van der Waals surface area contributed by atoms with Gasteiger partial charge in [0, 0.05) is 50.7 Å². The number of aliphatic hydroxyl groups is 1. The van der Waals surface area contributed by atoms with Crippen molar-refractivity contribution >= 4 is 88.7 Å². The Labute approximate surface area is 608 Å². The second kappa shape index (κ2) is 44.4. The highest BCUT2D eigenvalue weighted by atomic mass is 16.3. The topological polar surface area (TPSA) is 645 Å². The fourth-order valence-corrected chi connectivity index (χ4v) is 10.7. The minimum Gasteiger partial charge on any atom is -0.508 e. The molecule has 1 aromatic heterocycles. The van der Waals surface area contributed by atoms with Crippen LogP contribution in [-0.4, -0.2) is 207 Å². The van der Waals surface area contributed by atoms with Crippen LogP contribution in [0.25, 0.3) is 0 Å². The molecule has 0 saturated carbocycles. The lowest BCUT2D eigenvalue weighted by Gasteiger charge is -2.30. The van der Waals surface area contributed by atoms with E-state index in [2.05, 4.69) is 79.1 Å². The smallest absolute Gasteiger partial charge is 0.245 e. The number of nitrogens with zero attached hydrogens (tertiary/aromatic N) is 1. The standard InChI is InChI=1S/C67H106N22O16/c1-33(2)25-47(84-61(101)49(28-38-15-19-41(92)20-16-38)86-59(99)46(75-8)29-39-31-76-32-79-39)60(100)87-50(30-52(69)94)62(102)85-48(26-34(3)4)63(103)88-53(35(5)6)64(104)89-54(36(7)90)65(105)82-43(12-10-24-78-67(73)74)56(96)81-44(21-22-51(68)93)58(98)80-42(11-9-23-77-66(71)72)57(97)83-45(55(70)95)27-37-13-17-40(91)18-14-37/h13-20,31-36,42-50,53-54,75,90-92H,9-12,21-30H2,1-8H3,(H2,68,93)(H2,69,94)(H2,70,95)(H,76,79)(H,80,98)(H,81,96)(H,82,105)(H,83,97)(H,84,101)(H,85,102)(H,86,99)(H,87,100)(H,88,103)(H,89,104)(H4,71,72,77)(H4,73,74,78)/t36-,42+,43+,44+,45+,46+,47+,48+,49+,50+,53+,54+/m1/s1. The van der Waals surface area contributed by atoms with E-state index in [4.69, 9.17) is 39.5 Å². The lowest BCUT2D eigenvalue weighted by molar-refractivity contribution is -0.138. The number of carbonyl (C=O) groups is 13. The van der Waals surface area contributed by atoms with Gasteiger partial charge in [0.1, 0.15) is 71.9 Å². The van der Waals surface area contributed by atoms with Gasteiger partial charge >= 0.3 is 0 Å². The van der Waals surface area contributed by atoms with Crippen LogP contribution in [0, 0.1) is 28.6 Å². The molecule has 0 spiro atoms. The highest BCUT2D eigenvalue weighted by Gasteiger charge is 2.39. The van der Waals surface area contributed by atoms with Gasteiger partial charge in [0.25, 0.3) is 0 Å². The summed E-state index contributed by atoms with van der Waals surface area (Å²) >= 11 is 0. The molecule has 580 valence electrons. The lowest BCUT2D eigenvalue weighted by atomic mass is 9.98. The number of likely N-dealkylation sites (N-methyl/N-ethyl adjacent to an activating group) is 1. The maximum Gasteiger partial charge on any atom is 0.245 e. The number of nitrogens with two attached hydrogens (primary N) is 5. The molecule has 12 atom stereocenters. The number of phenols is 2. The van der Waals surface area contributed by atoms with Crippen molar-refractivity contribution in [2.75, 3.05) is 20.1 Å². The summed E-state index contributed by atoms with van der Waals surface area (Å²) < 4.78 is 0. The van der Waals surface area contributed by atoms with E-state index in [1.54, 1.807) is 46.9 Å². The molecule has 29 N–H and O–H groups in total. The quantitative estimate of drug-likeness (QED) is 0.0143. The van der Waals surface area contributed by atoms with E-state index in [9.17, 15) is 77.6 Å². The monoisotopic (exact) mass is 1470 g/mol. The van der Waals surface area contributed by atoms with Crippen molar-refractivity contribution in [3.8, 4) is 11.5 Å². The maximum absolute atomic E-state index is 14.5. The molecule has 38 nitrogen and oxygen atoms in total. The minimum absolute atomic E-state index is 0.00911. The van der Waals surface area contributed by atoms with Crippen LogP contribution in [0.5, 0.6) is 11.5 Å². The number of aromatic amines is 1. The predicted octanol–water partition coefficient (Wildman–Crippen LogP) is -5.43. The van der Waals surface area contributed by atoms with Crippen LogP contribution in [0.1, 0.15) is 123 Å². The summed E-state index contributed by atoms with van der Waals surface area (Å²) in [6.07, 6.45) is -1.16. The number of imidazole rings is 1. The van der Waals surface area contributed by atoms with Crippen LogP contribution in [0.3, 0.4) is 0 Å². The highest BCUT2D eigenvalue weighted by Crippen LogP contribution is 2.17. The summed E-state index contributed by atoms with van der Waals surface area (Å²) in [6, 6.07) is -4.87. The molecule has 0 bridgehead atoms. The summed E-state index contributed by atoms with van der Waals surface area (Å²) in [4.78, 5) is 187. The number of H-pyrrole nitrogens is 1. The minimum atomic E-state index is -1.90. The molecule has 38 heteroatoms. The Morgan fingerprint density at radius 1 is 0.448 bits per heavy atom. The van der Waals surface area contributed by atoms with Gasteiger partial charge in [-0.2, -0.15) is 0 Å². The Morgan fingerprint density at radius 2 is 0.819 bits per heavy atom. The Balaban J connectivity index is 1.92. The average Bonchev–Trinajstić information content (AvgIpc) is 1.47. The Bertz CT molecular complexity index is 3430. The Morgan fingerprint density at radius 3 is 1.23 bits per heavy atom. The van der Waals surface area contributed by atoms with Gasteiger partial charge in [0.05, 0.1) is 24.9 Å². The number of amides is 13. The van der Waals surface area contributed by atoms with Crippen LogP contribution in [0.4, 0.5) is 0 Å². The normalized spacial score (nSPS) is 14.6. The second-order valence-corrected chi connectivity index (χ2v) is 26.6. The average molecular weight is 1480 g/mol. The fourth-order valence-electron chi connectivity index (χ4n) is 10.7. The third-order valence-electron chi connectivity index (χ3n) is 16.3. The number of aromatic nitrogens is 2. The first-order valence-electron chi connectivity index (χ1n) is 34.3. The summed E-state index contributed by atoms with van der Waals surface area (Å²) in [5.74, 6) is -15.0. The van der Waals surface area contributed by atoms with Crippen LogP contribution in [-0.2, 0) is 81.6 Å². The van der Waals surface area contributed by atoms with E-state index in [0.717, 1.165) is 6.92 Å². The molecule has 2 aromatic carbocycles. The molecule has 105 heavy (non-hydrogen) atoms. The molecule has 0 fully saturated rings. The first-order valence-corrected chi connectivity index (χ1v) is 34.3. The lowest BCUT2D eigenvalue weighted by Crippen LogP contribution is -2.63. The van der Waals surface area contributed by atoms with Gasteiger partial charge in [0.15, 0.2) is 11.9 Å². The molecule has 0 radical (unpaired) electrons. The molecule has 3 aromatic rings. The van der Waals surface area contributed by atoms with E-state index >= 15 is 0 Å². The molecule has 0 aliphatic heterocycles. The first-order chi connectivity index (χ1) is 49.4. The molecule has 13 amide bonds. The Hall–Kier alpha value is -11.2. The van der Waals surface area contributed by atoms with Gasteiger partial charge in [-0.3, -0.25) is 73.1 Å². The van der Waals surface area contributed by atoms with Crippen LogP contribution in [0.15, 0.2) is 61.1 Å². The van der Waals surface area contributed by atoms with Crippen molar-refractivity contribution in [1.82, 2.24) is 79.1 Å². The highest BCUT2D eigenvalue weighted by molar-refractivity contribution is 6.00. The third-order valence-corrected chi connectivity index (χ3v) is 16.3. The third kappa shape index (κ3) is 32.8. The SMILES string of the molecule is CN[C@@H](Cc1cnc[nH]1)C(=O)N[C@@H](Cc1ccc(O)cc1)C(=O)N[C@@H](CC(C)C)C(=O)N[C@@H](CC(N)=O)C(=O)N[C@@H](CC(C)C)C(=O)N[C@H](C(=O)N[C@H](C(=O)N[C@@H](CCCNC(=N)N)C(=O)N[C@@H](CCC(N)=O)C(=O)N[C@@H](CCCNC(=N)N)C(=O)N[C@@H](Cc1ccc(O)cc1)C(N)=O)[C@@H](C)O)C(C)C. The van der Waals surface area contributed by atoms with E-state index < -0.39 is 186 Å². The van der Waals surface area contributed by atoms with Crippen LogP contribution >= 0.6 is 0 Å². The van der Waals surface area contributed by atoms with Crippen molar-refractivity contribution in [2.45, 2.75) is 198 Å². The molecule has 0 aliphatic carbocycles. The molecule has 0 aliphatic rings. The van der Waals surface area contributed by atoms with Crippen LogP contribution in [0.2, 0.25) is 0 Å². The van der Waals surface area contributed by atoms with Crippen LogP contribution < -0.4 is 97.8 Å². The van der Waals surface area contributed by atoms with Crippen molar-refractivity contribution in [3.05, 3.63) is 77.9 Å². The van der Waals surface area contributed by atoms with E-state index in [1.807, 2.05) is 0 Å². The largest absolute Gasteiger partial charge is 0.508 e. The van der Waals surface area contributed by atoms with E-state index in [-0.39, 0.29) is 94.2 Å². The molecule has 1 heterocycles. The van der Waals surface area contributed by atoms with Crippen molar-refractivity contribution < 1.29 is 77.6 Å². The number of aliphatic hydroxyl groups excluding tert-OH is 1.